The number of nitrogens with zero attached hydrogens (tertiary/aromatic N) is 3. The molecular weight excluding hydrogens is 456 g/mol. The van der Waals surface area contributed by atoms with Crippen LogP contribution in [0.5, 0.6) is 0 Å². The molecule has 0 spiro atoms. The normalized spacial score (nSPS) is 20.7. The maximum atomic E-state index is 14.5. The van der Waals surface area contributed by atoms with Crippen LogP contribution in [0, 0.1) is 5.82 Å². The van der Waals surface area contributed by atoms with Crippen molar-refractivity contribution in [2.45, 2.75) is 31.1 Å². The Bertz CT molecular complexity index is 1050. The number of carbonyl (C=O) groups excluding carboxylic acids is 1. The molecule has 0 saturated heterocycles. The van der Waals surface area contributed by atoms with E-state index in [2.05, 4.69) is 20.1 Å². The zero-order valence-corrected chi connectivity index (χ0v) is 16.4. The third-order valence-electron chi connectivity index (χ3n) is 4.47. The van der Waals surface area contributed by atoms with Crippen molar-refractivity contribution in [3.8, 4) is 0 Å². The fourth-order valence-electron chi connectivity index (χ4n) is 2.88. The first-order valence-corrected chi connectivity index (χ1v) is 8.87. The molecule has 1 aromatic carbocycles. The number of aromatic nitrogens is 2. The number of halogens is 7. The molecule has 0 fully saturated rings. The number of hydrogen-bond donors (Lipinski definition) is 2. The van der Waals surface area contributed by atoms with E-state index in [1.807, 2.05) is 0 Å². The van der Waals surface area contributed by atoms with Gasteiger partial charge in [-0.15, -0.1) is 0 Å². The van der Waals surface area contributed by atoms with Crippen molar-refractivity contribution < 1.29 is 35.9 Å². The lowest BCUT2D eigenvalue weighted by molar-refractivity contribution is -0.142. The lowest BCUT2D eigenvalue weighted by Gasteiger charge is -2.37. The number of amides is 1. The molecule has 1 aliphatic rings. The predicted molar refractivity (Wildman–Crippen MR) is 97.5 cm³/mol. The van der Waals surface area contributed by atoms with E-state index in [0.29, 0.717) is 4.68 Å². The van der Waals surface area contributed by atoms with Gasteiger partial charge in [0.05, 0.1) is 5.02 Å². The van der Waals surface area contributed by atoms with Gasteiger partial charge in [0.25, 0.3) is 11.9 Å². The Morgan fingerprint density at radius 2 is 2.06 bits per heavy atom. The molecule has 1 aliphatic heterocycles. The van der Waals surface area contributed by atoms with Crippen LogP contribution in [0.4, 0.5) is 32.0 Å². The van der Waals surface area contributed by atoms with Gasteiger partial charge in [0.1, 0.15) is 12.4 Å². The Labute approximate surface area is 175 Å². The van der Waals surface area contributed by atoms with Crippen LogP contribution in [0.3, 0.4) is 0 Å². The highest BCUT2D eigenvalue weighted by Crippen LogP contribution is 2.44. The van der Waals surface area contributed by atoms with E-state index in [-0.39, 0.29) is 10.7 Å². The van der Waals surface area contributed by atoms with Gasteiger partial charge in [-0.25, -0.2) is 9.38 Å². The van der Waals surface area contributed by atoms with Crippen molar-refractivity contribution in [1.29, 1.82) is 0 Å². The number of anilines is 1. The molecule has 1 aromatic heterocycles. The number of alkyl halides is 5. The van der Waals surface area contributed by atoms with E-state index in [1.54, 1.807) is 0 Å². The summed E-state index contributed by atoms with van der Waals surface area (Å²) >= 11 is 5.77. The molecule has 3 N–H and O–H groups in total. The van der Waals surface area contributed by atoms with Crippen LogP contribution in [0.2, 0.25) is 5.02 Å². The topological polar surface area (TPSA) is 94.5 Å². The third-order valence-corrected chi connectivity index (χ3v) is 4.75. The van der Waals surface area contributed by atoms with Gasteiger partial charge in [0.15, 0.2) is 17.8 Å². The lowest BCUT2D eigenvalue weighted by Crippen LogP contribution is -2.51. The number of benzene rings is 1. The van der Waals surface area contributed by atoms with Crippen molar-refractivity contribution in [2.24, 2.45) is 10.7 Å². The van der Waals surface area contributed by atoms with Crippen molar-refractivity contribution >= 4 is 29.2 Å². The van der Waals surface area contributed by atoms with Crippen LogP contribution in [0.25, 0.3) is 0 Å². The van der Waals surface area contributed by atoms with Gasteiger partial charge in [-0.2, -0.15) is 27.1 Å². The largest absolute Gasteiger partial charge is 0.459 e. The van der Waals surface area contributed by atoms with Crippen LogP contribution >= 0.6 is 11.6 Å². The maximum Gasteiger partial charge on any atom is 0.408 e. The summed E-state index contributed by atoms with van der Waals surface area (Å²) in [6.07, 6.45) is -3.79. The summed E-state index contributed by atoms with van der Waals surface area (Å²) in [7, 11) is 0. The number of hydrogen-bond acceptors (Lipinski definition) is 5. The van der Waals surface area contributed by atoms with E-state index in [9.17, 15) is 31.1 Å². The highest BCUT2D eigenvalue weighted by atomic mass is 35.5. The zero-order valence-electron chi connectivity index (χ0n) is 15.6. The van der Waals surface area contributed by atoms with Gasteiger partial charge in [0.2, 0.25) is 0 Å². The quantitative estimate of drug-likeness (QED) is 0.668. The van der Waals surface area contributed by atoms with E-state index in [0.717, 1.165) is 31.3 Å². The Kier molecular flexibility index (Phi) is 5.59. The van der Waals surface area contributed by atoms with E-state index in [4.69, 9.17) is 17.3 Å². The molecule has 0 radical (unpaired) electrons. The molecule has 0 unspecified atom stereocenters. The van der Waals surface area contributed by atoms with Gasteiger partial charge in [-0.3, -0.25) is 9.48 Å². The molecule has 2 heterocycles. The second-order valence-corrected chi connectivity index (χ2v) is 7.21. The van der Waals surface area contributed by atoms with Crippen LogP contribution in [-0.2, 0) is 16.8 Å². The summed E-state index contributed by atoms with van der Waals surface area (Å²) in [5.74, 6) is -5.72. The smallest absolute Gasteiger partial charge is 0.408 e. The van der Waals surface area contributed by atoms with Gasteiger partial charge in [-0.1, -0.05) is 11.6 Å². The highest BCUT2D eigenvalue weighted by molar-refractivity contribution is 6.34. The summed E-state index contributed by atoms with van der Waals surface area (Å²) in [6, 6.07) is 2.22. The number of ether oxygens (including phenoxy) is 1. The van der Waals surface area contributed by atoms with E-state index < -0.39 is 59.8 Å². The lowest BCUT2D eigenvalue weighted by atomic mass is 9.85. The predicted octanol–water partition coefficient (Wildman–Crippen LogP) is 3.69. The van der Waals surface area contributed by atoms with Crippen molar-refractivity contribution in [3.63, 3.8) is 0 Å². The first kappa shape index (κ1) is 22.7. The highest BCUT2D eigenvalue weighted by Gasteiger charge is 2.56. The number of carbonyl (C=O) groups is 1. The monoisotopic (exact) mass is 469 g/mol. The van der Waals surface area contributed by atoms with Crippen molar-refractivity contribution in [3.05, 3.63) is 46.5 Å². The number of aliphatic imine (C=N–C) groups is 1. The first-order chi connectivity index (χ1) is 14.2. The van der Waals surface area contributed by atoms with Gasteiger partial charge < -0.3 is 15.8 Å². The summed E-state index contributed by atoms with van der Waals surface area (Å²) in [5, 5.41) is 5.34. The summed E-state index contributed by atoms with van der Waals surface area (Å²) < 4.78 is 85.8. The van der Waals surface area contributed by atoms with Crippen molar-refractivity contribution in [2.75, 3.05) is 11.9 Å². The minimum atomic E-state index is -4.60. The molecule has 168 valence electrons. The fourth-order valence-corrected chi connectivity index (χ4v) is 3.12. The van der Waals surface area contributed by atoms with Gasteiger partial charge in [-0.05, 0) is 25.1 Å². The molecular formula is C17H14ClF6N5O2. The Hall–Kier alpha value is -2.96. The minimum Gasteiger partial charge on any atom is -0.459 e. The minimum absolute atomic E-state index is 0.153. The van der Waals surface area contributed by atoms with Crippen LogP contribution in [0.1, 0.15) is 23.0 Å². The third kappa shape index (κ3) is 4.55. The number of rotatable bonds is 4. The van der Waals surface area contributed by atoms with Crippen LogP contribution in [0.15, 0.2) is 29.4 Å². The average Bonchev–Trinajstić information content (AvgIpc) is 2.98. The molecule has 0 aliphatic carbocycles. The summed E-state index contributed by atoms with van der Waals surface area (Å²) in [6.45, 7) is -1.67. The second kappa shape index (κ2) is 7.62. The summed E-state index contributed by atoms with van der Waals surface area (Å²) in [5.41, 5.74) is 1.65. The molecule has 7 nitrogen and oxygen atoms in total. The fraction of sp³-hybridized carbons (Fsp3) is 0.353. The van der Waals surface area contributed by atoms with E-state index >= 15 is 0 Å². The van der Waals surface area contributed by atoms with Crippen LogP contribution in [-0.4, -0.2) is 40.4 Å². The first-order valence-electron chi connectivity index (χ1n) is 8.49. The van der Waals surface area contributed by atoms with E-state index in [1.165, 1.54) is 0 Å². The SMILES string of the molecule is C[C@]1(c2cc(NC(=O)c3nn(CC(F)(F)F)cc3Cl)ccc2F)N=C(N)OCC1(F)F. The zero-order chi connectivity index (χ0) is 23.2. The van der Waals surface area contributed by atoms with Crippen LogP contribution < -0.4 is 11.1 Å². The second-order valence-electron chi connectivity index (χ2n) is 6.80. The number of amidine groups is 1. The molecule has 3 rings (SSSR count). The Balaban J connectivity index is 1.91. The molecule has 0 saturated carbocycles. The Morgan fingerprint density at radius 1 is 1.39 bits per heavy atom. The average molecular weight is 470 g/mol. The van der Waals surface area contributed by atoms with Gasteiger partial charge >= 0.3 is 12.1 Å². The molecule has 31 heavy (non-hydrogen) atoms. The molecule has 1 atom stereocenters. The summed E-state index contributed by atoms with van der Waals surface area (Å²) in [4.78, 5) is 15.9. The van der Waals surface area contributed by atoms with Gasteiger partial charge in [0, 0.05) is 17.4 Å². The maximum absolute atomic E-state index is 14.5. The Morgan fingerprint density at radius 3 is 2.71 bits per heavy atom. The number of nitrogens with one attached hydrogen (secondary N) is 1. The molecule has 1 amide bonds. The molecule has 2 aromatic rings. The molecule has 0 bridgehead atoms. The van der Waals surface area contributed by atoms with Crippen molar-refractivity contribution in [1.82, 2.24) is 9.78 Å². The standard InChI is InChI=1S/C17H14ClF6N5O2/c1-15(16(20,21)7-31-14(25)27-15)9-4-8(2-3-11(9)19)26-13(30)12-10(18)5-29(28-12)6-17(22,23)24/h2-5H,6-7H2,1H3,(H2,25,27)(H,26,30)/t15-/m1/s1. The molecule has 14 heteroatoms. The number of nitrogens with two attached hydrogens (primary N) is 1.